The first-order chi connectivity index (χ1) is 8.16. The van der Waals surface area contributed by atoms with E-state index in [-0.39, 0.29) is 17.0 Å². The maximum Gasteiger partial charge on any atom is 0.335 e. The van der Waals surface area contributed by atoms with Crippen LogP contribution >= 0.6 is 0 Å². The van der Waals surface area contributed by atoms with E-state index in [9.17, 15) is 9.59 Å². The number of carboxylic acid groups (broad SMARTS) is 1. The van der Waals surface area contributed by atoms with Crippen molar-refractivity contribution in [1.82, 2.24) is 10.2 Å². The molecule has 2 rings (SSSR count). The predicted octanol–water partition coefficient (Wildman–Crippen LogP) is 1.36. The molecule has 0 unspecified atom stereocenters. The molecule has 0 atom stereocenters. The molecule has 86 valence electrons. The molecule has 6 nitrogen and oxygen atoms in total. The van der Waals surface area contributed by atoms with Gasteiger partial charge < -0.3 is 10.4 Å². The molecular weight excluding hydrogens is 222 g/mol. The minimum atomic E-state index is -1.07. The number of anilines is 1. The number of carbonyl (C=O) groups is 2. The van der Waals surface area contributed by atoms with Gasteiger partial charge >= 0.3 is 5.97 Å². The third kappa shape index (κ3) is 2.49. The van der Waals surface area contributed by atoms with Gasteiger partial charge in [-0.1, -0.05) is 6.07 Å². The summed E-state index contributed by atoms with van der Waals surface area (Å²) in [4.78, 5) is 22.5. The van der Waals surface area contributed by atoms with Crippen LogP contribution in [0.2, 0.25) is 0 Å². The number of amides is 1. The molecule has 1 aromatic heterocycles. The molecule has 3 N–H and O–H groups in total. The summed E-state index contributed by atoms with van der Waals surface area (Å²) in [6.07, 6.45) is 2.98. The number of nitrogens with one attached hydrogen (secondary N) is 2. The summed E-state index contributed by atoms with van der Waals surface area (Å²) in [5.41, 5.74) is 0.881. The highest BCUT2D eigenvalue weighted by atomic mass is 16.4. The van der Waals surface area contributed by atoms with E-state index in [1.165, 1.54) is 30.6 Å². The van der Waals surface area contributed by atoms with Crippen LogP contribution in [0.15, 0.2) is 36.7 Å². The molecule has 1 amide bonds. The van der Waals surface area contributed by atoms with Crippen molar-refractivity contribution in [1.29, 1.82) is 0 Å². The fraction of sp³-hybridized carbons (Fsp3) is 0. The van der Waals surface area contributed by atoms with Gasteiger partial charge in [-0.3, -0.25) is 9.89 Å². The number of carbonyl (C=O) groups excluding carboxylic acids is 1. The van der Waals surface area contributed by atoms with Crippen molar-refractivity contribution >= 4 is 17.6 Å². The lowest BCUT2D eigenvalue weighted by Crippen LogP contribution is -2.12. The largest absolute Gasteiger partial charge is 0.478 e. The van der Waals surface area contributed by atoms with E-state index in [2.05, 4.69) is 15.5 Å². The van der Waals surface area contributed by atoms with E-state index in [1.807, 2.05) is 0 Å². The second-order valence-electron chi connectivity index (χ2n) is 3.33. The van der Waals surface area contributed by atoms with Gasteiger partial charge in [0.1, 0.15) is 0 Å². The normalized spacial score (nSPS) is 9.88. The Hall–Kier alpha value is -2.63. The van der Waals surface area contributed by atoms with Gasteiger partial charge in [0.05, 0.1) is 17.4 Å². The van der Waals surface area contributed by atoms with Gasteiger partial charge in [-0.15, -0.1) is 0 Å². The molecule has 1 aromatic carbocycles. The van der Waals surface area contributed by atoms with Crippen LogP contribution in [0.25, 0.3) is 0 Å². The second kappa shape index (κ2) is 4.48. The number of benzene rings is 1. The van der Waals surface area contributed by atoms with Crippen LogP contribution in [0.3, 0.4) is 0 Å². The first kappa shape index (κ1) is 10.9. The number of aromatic carboxylic acids is 1. The van der Waals surface area contributed by atoms with Crippen molar-refractivity contribution in [2.24, 2.45) is 0 Å². The van der Waals surface area contributed by atoms with E-state index < -0.39 is 5.97 Å². The molecule has 17 heavy (non-hydrogen) atoms. The van der Waals surface area contributed by atoms with Crippen molar-refractivity contribution in [3.63, 3.8) is 0 Å². The van der Waals surface area contributed by atoms with Gasteiger partial charge in [-0.2, -0.15) is 5.10 Å². The highest BCUT2D eigenvalue weighted by Crippen LogP contribution is 2.09. The summed E-state index contributed by atoms with van der Waals surface area (Å²) in [6.45, 7) is 0. The Labute approximate surface area is 96.3 Å². The monoisotopic (exact) mass is 231 g/mol. The lowest BCUT2D eigenvalue weighted by atomic mass is 10.1. The highest BCUT2D eigenvalue weighted by molar-refractivity contribution is 6.05. The van der Waals surface area contributed by atoms with Crippen LogP contribution in [0.1, 0.15) is 20.7 Å². The van der Waals surface area contributed by atoms with Crippen molar-refractivity contribution in [3.8, 4) is 0 Å². The molecule has 1 heterocycles. The highest BCUT2D eigenvalue weighted by Gasteiger charge is 2.09. The minimum absolute atomic E-state index is 0.0739. The van der Waals surface area contributed by atoms with Gasteiger partial charge in [0.15, 0.2) is 0 Å². The van der Waals surface area contributed by atoms with E-state index in [0.717, 1.165) is 0 Å². The van der Waals surface area contributed by atoms with Crippen LogP contribution in [-0.4, -0.2) is 27.2 Å². The lowest BCUT2D eigenvalue weighted by Gasteiger charge is -2.03. The maximum atomic E-state index is 11.7. The number of aromatic nitrogens is 2. The molecule has 0 fully saturated rings. The van der Waals surface area contributed by atoms with E-state index in [4.69, 9.17) is 5.11 Å². The molecule has 0 bridgehead atoms. The smallest absolute Gasteiger partial charge is 0.335 e. The molecule has 0 saturated carbocycles. The van der Waals surface area contributed by atoms with E-state index in [1.54, 1.807) is 6.07 Å². The average molecular weight is 231 g/mol. The lowest BCUT2D eigenvalue weighted by molar-refractivity contribution is 0.0697. The first-order valence-electron chi connectivity index (χ1n) is 4.80. The molecule has 6 heteroatoms. The van der Waals surface area contributed by atoms with Crippen LogP contribution in [0.4, 0.5) is 5.69 Å². The molecule has 0 aliphatic rings. The van der Waals surface area contributed by atoms with Gasteiger partial charge in [-0.05, 0) is 18.2 Å². The molecule has 0 aliphatic carbocycles. The number of carboxylic acids is 1. The number of aromatic amines is 1. The van der Waals surface area contributed by atoms with E-state index >= 15 is 0 Å². The molecule has 0 spiro atoms. The molecule has 0 aliphatic heterocycles. The first-order valence-corrected chi connectivity index (χ1v) is 4.80. The van der Waals surface area contributed by atoms with Crippen LogP contribution < -0.4 is 5.32 Å². The van der Waals surface area contributed by atoms with Gasteiger partial charge in [-0.25, -0.2) is 4.79 Å². The summed E-state index contributed by atoms with van der Waals surface area (Å²) in [5.74, 6) is -1.45. The summed E-state index contributed by atoms with van der Waals surface area (Å²) in [6, 6.07) is 5.81. The molecule has 0 radical (unpaired) electrons. The van der Waals surface area contributed by atoms with Crippen LogP contribution in [0, 0.1) is 0 Å². The number of H-pyrrole nitrogens is 1. The minimum Gasteiger partial charge on any atom is -0.478 e. The summed E-state index contributed by atoms with van der Waals surface area (Å²) in [5, 5.41) is 17.6. The Morgan fingerprint density at radius 3 is 2.71 bits per heavy atom. The van der Waals surface area contributed by atoms with E-state index in [0.29, 0.717) is 5.69 Å². The van der Waals surface area contributed by atoms with Gasteiger partial charge in [0.25, 0.3) is 5.91 Å². The van der Waals surface area contributed by atoms with Gasteiger partial charge in [0, 0.05) is 11.8 Å². The zero-order valence-electron chi connectivity index (χ0n) is 8.68. The zero-order valence-corrected chi connectivity index (χ0v) is 8.68. The molecular formula is C11H9N3O3. The third-order valence-corrected chi connectivity index (χ3v) is 2.13. The van der Waals surface area contributed by atoms with Crippen LogP contribution in [-0.2, 0) is 0 Å². The number of hydrogen-bond acceptors (Lipinski definition) is 3. The van der Waals surface area contributed by atoms with Crippen molar-refractivity contribution in [3.05, 3.63) is 47.8 Å². The molecule has 2 aromatic rings. The summed E-state index contributed by atoms with van der Waals surface area (Å²) < 4.78 is 0. The maximum absolute atomic E-state index is 11.7. The average Bonchev–Trinajstić information content (AvgIpc) is 2.82. The third-order valence-electron chi connectivity index (χ3n) is 2.13. The van der Waals surface area contributed by atoms with Crippen molar-refractivity contribution in [2.75, 3.05) is 5.32 Å². The SMILES string of the molecule is O=C(O)c1cccc(C(=O)Nc2cn[nH]c2)c1. The number of nitrogens with zero attached hydrogens (tertiary/aromatic N) is 1. The topological polar surface area (TPSA) is 95.1 Å². The Balaban J connectivity index is 2.19. The Morgan fingerprint density at radius 1 is 1.29 bits per heavy atom. The van der Waals surface area contributed by atoms with Crippen LogP contribution in [0.5, 0.6) is 0 Å². The second-order valence-corrected chi connectivity index (χ2v) is 3.33. The Morgan fingerprint density at radius 2 is 2.06 bits per heavy atom. The van der Waals surface area contributed by atoms with Gasteiger partial charge in [0.2, 0.25) is 0 Å². The van der Waals surface area contributed by atoms with Crippen molar-refractivity contribution < 1.29 is 14.7 Å². The fourth-order valence-corrected chi connectivity index (χ4v) is 1.32. The standard InChI is InChI=1S/C11H9N3O3/c15-10(14-9-5-12-13-6-9)7-2-1-3-8(4-7)11(16)17/h1-6H,(H,12,13)(H,14,15)(H,16,17). The number of hydrogen-bond donors (Lipinski definition) is 3. The molecule has 0 saturated heterocycles. The Kier molecular flexibility index (Phi) is 2.87. The quantitative estimate of drug-likeness (QED) is 0.743. The fourth-order valence-electron chi connectivity index (χ4n) is 1.32. The summed E-state index contributed by atoms with van der Waals surface area (Å²) in [7, 11) is 0. The zero-order chi connectivity index (χ0) is 12.3. The predicted molar refractivity (Wildman–Crippen MR) is 59.9 cm³/mol. The summed E-state index contributed by atoms with van der Waals surface area (Å²) >= 11 is 0. The Bertz CT molecular complexity index is 549. The van der Waals surface area contributed by atoms with Crippen molar-refractivity contribution in [2.45, 2.75) is 0 Å². The number of rotatable bonds is 3.